The Morgan fingerprint density at radius 2 is 0.915 bits per heavy atom. The largest absolute Gasteiger partial charge is 0.456 e. The quantitative estimate of drug-likeness (QED) is 0.178. The van der Waals surface area contributed by atoms with Crippen molar-refractivity contribution < 1.29 is 41.4 Å². The monoisotopic (exact) mass is 623 g/mol. The average molecular weight is 624 g/mol. The molecule has 0 fully saturated rings. The van der Waals surface area contributed by atoms with Crippen molar-refractivity contribution in [1.82, 2.24) is 0 Å². The van der Waals surface area contributed by atoms with E-state index < -0.39 is 262 Å². The van der Waals surface area contributed by atoms with Gasteiger partial charge < -0.3 is 4.42 Å². The maximum atomic E-state index is 9.84. The molecule has 1 heteroatoms. The molecule has 0 bridgehead atoms. The number of hydrogen-bond acceptors (Lipinski definition) is 1. The lowest BCUT2D eigenvalue weighted by molar-refractivity contribution is 0.669. The van der Waals surface area contributed by atoms with Gasteiger partial charge in [0.2, 0.25) is 0 Å². The molecule has 0 aliphatic heterocycles. The zero-order valence-corrected chi connectivity index (χ0v) is 23.5. The normalized spacial score (nSPS) is 19.9. The molecule has 0 N–H and O–H groups in total. The second-order valence-electron chi connectivity index (χ2n) is 10.3. The van der Waals surface area contributed by atoms with Crippen LogP contribution in [-0.4, -0.2) is 0 Å². The van der Waals surface area contributed by atoms with E-state index in [1.807, 2.05) is 0 Å². The standard InChI is InChI=1S/C46H28O/c1-2-12-30-27-31(22-21-29(30)11-1)33-24-25-41(35-14-4-3-13-34(33)35)46-39-18-7-5-16-37(39)45(38-17-6-8-19-40(38)46)32-23-26-44-42(28-32)36-15-9-10-20-43(36)47-44/h1-28H/i1D,2D,3D,4D,5D,6D,7D,9D,10D,11D,12D,13D,14D,15D,16D,17D,18D,19D,20D,21D,22D,23D,24D,25D,26D,27D,28D. The summed E-state index contributed by atoms with van der Waals surface area (Å²) in [6.07, 6.45) is 0. The van der Waals surface area contributed by atoms with Crippen LogP contribution in [0.5, 0.6) is 0 Å². The molecule has 10 rings (SSSR count). The number of rotatable bonds is 3. The third kappa shape index (κ3) is 3.97. The molecule has 0 aliphatic carbocycles. The Hall–Kier alpha value is -6.18. The van der Waals surface area contributed by atoms with Crippen molar-refractivity contribution >= 4 is 65.0 Å². The molecule has 0 amide bonds. The molecule has 0 radical (unpaired) electrons. The fourth-order valence-corrected chi connectivity index (χ4v) is 5.82. The van der Waals surface area contributed by atoms with Crippen molar-refractivity contribution in [2.45, 2.75) is 0 Å². The zero-order chi connectivity index (χ0) is 54.4. The Morgan fingerprint density at radius 1 is 0.340 bits per heavy atom. The van der Waals surface area contributed by atoms with Gasteiger partial charge >= 0.3 is 0 Å². The first-order chi connectivity index (χ1) is 34.6. The van der Waals surface area contributed by atoms with Gasteiger partial charge in [0, 0.05) is 10.8 Å². The molecule has 9 aromatic carbocycles. The van der Waals surface area contributed by atoms with Crippen LogP contribution in [0.1, 0.15) is 37.0 Å². The van der Waals surface area contributed by atoms with Crippen molar-refractivity contribution in [2.75, 3.05) is 0 Å². The van der Waals surface area contributed by atoms with Crippen molar-refractivity contribution in [3.63, 3.8) is 0 Å². The maximum Gasteiger partial charge on any atom is 0.135 e. The molecule has 0 atom stereocenters. The summed E-state index contributed by atoms with van der Waals surface area (Å²) in [4.78, 5) is 0. The van der Waals surface area contributed by atoms with Gasteiger partial charge in [0.25, 0.3) is 0 Å². The average Bonchev–Trinajstić information content (AvgIpc) is 3.78. The van der Waals surface area contributed by atoms with E-state index in [2.05, 4.69) is 0 Å². The summed E-state index contributed by atoms with van der Waals surface area (Å²) >= 11 is 0. The molecule has 1 heterocycles. The minimum Gasteiger partial charge on any atom is -0.456 e. The third-order valence-electron chi connectivity index (χ3n) is 7.81. The van der Waals surface area contributed by atoms with Crippen molar-refractivity contribution in [2.24, 2.45) is 0 Å². The Labute approximate surface area is 309 Å². The van der Waals surface area contributed by atoms with E-state index in [-0.39, 0.29) is 0 Å². The summed E-state index contributed by atoms with van der Waals surface area (Å²) in [7, 11) is 0. The molecule has 1 nitrogen and oxygen atoms in total. The van der Waals surface area contributed by atoms with Gasteiger partial charge in [0.15, 0.2) is 0 Å². The molecule has 47 heavy (non-hydrogen) atoms. The lowest BCUT2D eigenvalue weighted by Crippen LogP contribution is -1.92. The first-order valence-corrected chi connectivity index (χ1v) is 14.0. The highest BCUT2D eigenvalue weighted by Gasteiger charge is 2.19. The van der Waals surface area contributed by atoms with Crippen LogP contribution < -0.4 is 0 Å². The van der Waals surface area contributed by atoms with Crippen LogP contribution in [0.3, 0.4) is 0 Å². The first-order valence-electron chi connectivity index (χ1n) is 27.5. The minimum atomic E-state index is -1.06. The van der Waals surface area contributed by atoms with Gasteiger partial charge in [0.1, 0.15) is 11.2 Å². The molecule has 0 aliphatic rings. The van der Waals surface area contributed by atoms with Gasteiger partial charge in [-0.05, 0) is 101 Å². The highest BCUT2D eigenvalue weighted by molar-refractivity contribution is 6.24. The third-order valence-corrected chi connectivity index (χ3v) is 7.81. The van der Waals surface area contributed by atoms with Crippen LogP contribution in [0.15, 0.2) is 174 Å². The molecule has 0 unspecified atom stereocenters. The minimum absolute atomic E-state index is 0.412. The summed E-state index contributed by atoms with van der Waals surface area (Å²) in [6.45, 7) is 0. The molecule has 0 saturated heterocycles. The second-order valence-corrected chi connectivity index (χ2v) is 10.3. The van der Waals surface area contributed by atoms with E-state index in [0.29, 0.717) is 0 Å². The fourth-order valence-electron chi connectivity index (χ4n) is 5.82. The van der Waals surface area contributed by atoms with Gasteiger partial charge in [-0.15, -0.1) is 0 Å². The van der Waals surface area contributed by atoms with Gasteiger partial charge in [-0.1, -0.05) is 145 Å². The smallest absolute Gasteiger partial charge is 0.135 e. The van der Waals surface area contributed by atoms with Crippen molar-refractivity contribution in [3.8, 4) is 33.4 Å². The van der Waals surface area contributed by atoms with Crippen LogP contribution in [-0.2, 0) is 0 Å². The van der Waals surface area contributed by atoms with E-state index >= 15 is 0 Å². The predicted molar refractivity (Wildman–Crippen MR) is 200 cm³/mol. The van der Waals surface area contributed by atoms with Gasteiger partial charge in [0.05, 0.1) is 37.0 Å². The highest BCUT2D eigenvalue weighted by Crippen LogP contribution is 2.47. The molecule has 0 spiro atoms. The lowest BCUT2D eigenvalue weighted by Gasteiger charge is -2.20. The van der Waals surface area contributed by atoms with E-state index in [1.165, 1.54) is 0 Å². The topological polar surface area (TPSA) is 13.1 Å². The molecular formula is C46H28O. The maximum absolute atomic E-state index is 9.84. The van der Waals surface area contributed by atoms with E-state index in [9.17, 15) is 15.1 Å². The summed E-state index contributed by atoms with van der Waals surface area (Å²) in [6, 6.07) is -22.8. The van der Waals surface area contributed by atoms with E-state index in [0.717, 1.165) is 6.07 Å². The van der Waals surface area contributed by atoms with Crippen LogP contribution in [0, 0.1) is 0 Å². The summed E-state index contributed by atoms with van der Waals surface area (Å²) in [5.41, 5.74) is -5.34. The zero-order valence-electron chi connectivity index (χ0n) is 50.5. The highest BCUT2D eigenvalue weighted by atomic mass is 16.3. The number of para-hydroxylation sites is 1. The predicted octanol–water partition coefficient (Wildman–Crippen LogP) is 13.2. The Morgan fingerprint density at radius 3 is 1.74 bits per heavy atom. The summed E-state index contributed by atoms with van der Waals surface area (Å²) in [5.74, 6) is 0. The van der Waals surface area contributed by atoms with Crippen LogP contribution in [0.2, 0.25) is 0 Å². The van der Waals surface area contributed by atoms with Crippen molar-refractivity contribution in [3.05, 3.63) is 169 Å². The number of benzene rings is 9. The number of furan rings is 1. The van der Waals surface area contributed by atoms with Crippen LogP contribution in [0.25, 0.3) is 98.4 Å². The van der Waals surface area contributed by atoms with Gasteiger partial charge in [-0.25, -0.2) is 0 Å². The summed E-state index contributed by atoms with van der Waals surface area (Å²) < 4.78 is 250. The van der Waals surface area contributed by atoms with Crippen molar-refractivity contribution in [1.29, 1.82) is 0 Å². The Bertz CT molecular complexity index is 4390. The van der Waals surface area contributed by atoms with E-state index in [1.54, 1.807) is 0 Å². The van der Waals surface area contributed by atoms with Gasteiger partial charge in [-0.2, -0.15) is 0 Å². The SMILES string of the molecule is [2H]c1cc([2H])c2c(-c3c([2H])c([2H])c(-c4c([2H])c([2H])c5c([2H])c([2H])c([2H])c([2H])c5c4[2H])c4c([2H])c([2H])c([2H])c([2H])c34)c3c([2H])c([2H])c([2H])c([2H])c3c(-c3c([2H])c([2H])c4oc5c([2H])c([2H])c([2H])c([2H])c5c4c3[2H])c2c1[2H]. The Kier molecular flexibility index (Phi) is 2.37. The fraction of sp³-hybridized carbons (Fsp3) is 0. The van der Waals surface area contributed by atoms with Gasteiger partial charge in [-0.3, -0.25) is 0 Å². The first kappa shape index (κ1) is 11.0. The Balaban J connectivity index is 1.51. The van der Waals surface area contributed by atoms with E-state index in [4.69, 9.17) is 26.3 Å². The second kappa shape index (κ2) is 10.2. The summed E-state index contributed by atoms with van der Waals surface area (Å²) in [5, 5.41) is -6.11. The lowest BCUT2D eigenvalue weighted by atomic mass is 9.83. The number of fused-ring (bicyclic) bond motifs is 7. The molecule has 1 aromatic heterocycles. The van der Waals surface area contributed by atoms with Crippen LogP contribution >= 0.6 is 0 Å². The molecule has 0 saturated carbocycles. The molecular weight excluding hydrogens is 569 g/mol. The number of hydrogen-bond donors (Lipinski definition) is 0. The van der Waals surface area contributed by atoms with Crippen LogP contribution in [0.4, 0.5) is 0 Å². The molecule has 218 valence electrons. The molecule has 10 aromatic rings.